The molecule has 0 aliphatic rings. The summed E-state index contributed by atoms with van der Waals surface area (Å²) in [5, 5.41) is 8.86. The fraction of sp³-hybridized carbons (Fsp3) is 0.889. The Hall–Kier alpha value is -1.30. The van der Waals surface area contributed by atoms with E-state index in [0.29, 0.717) is 18.9 Å². The van der Waals surface area contributed by atoms with Crippen LogP contribution in [-0.2, 0) is 9.53 Å². The van der Waals surface area contributed by atoms with E-state index in [2.05, 4.69) is 22.9 Å². The molecule has 0 bridgehead atoms. The summed E-state index contributed by atoms with van der Waals surface area (Å²) in [6.45, 7) is 13.9. The third kappa shape index (κ3) is 13.2. The molecule has 0 radical (unpaired) electrons. The van der Waals surface area contributed by atoms with Crippen molar-refractivity contribution in [2.75, 3.05) is 19.6 Å². The van der Waals surface area contributed by atoms with Crippen LogP contribution < -0.4 is 16.0 Å². The minimum atomic E-state index is -0.578. The Morgan fingerprint density at radius 2 is 1.71 bits per heavy atom. The number of ether oxygens (including phenoxy) is 1. The molecule has 0 aromatic heterocycles. The van der Waals surface area contributed by atoms with Gasteiger partial charge in [-0.2, -0.15) is 0 Å². The van der Waals surface area contributed by atoms with Crippen molar-refractivity contribution < 1.29 is 14.3 Å². The summed E-state index contributed by atoms with van der Waals surface area (Å²) < 4.78 is 5.24. The summed E-state index contributed by atoms with van der Waals surface area (Å²) in [5.41, 5.74) is -0.578. The van der Waals surface area contributed by atoms with Crippen molar-refractivity contribution in [1.82, 2.24) is 16.0 Å². The number of carbonyl (C=O) groups excluding carboxylic acids is 2. The van der Waals surface area contributed by atoms with Crippen molar-refractivity contribution in [3.63, 3.8) is 0 Å². The molecule has 0 aromatic carbocycles. The van der Waals surface area contributed by atoms with E-state index < -0.39 is 17.7 Å². The monoisotopic (exact) mass is 343 g/mol. The second-order valence-electron chi connectivity index (χ2n) is 7.58. The van der Waals surface area contributed by atoms with E-state index in [1.807, 2.05) is 13.8 Å². The van der Waals surface area contributed by atoms with Crippen LogP contribution in [-0.4, -0.2) is 43.3 Å². The van der Waals surface area contributed by atoms with Crippen molar-refractivity contribution >= 4 is 12.0 Å². The van der Waals surface area contributed by atoms with E-state index in [-0.39, 0.29) is 5.91 Å². The lowest BCUT2D eigenvalue weighted by molar-refractivity contribution is -0.123. The first kappa shape index (κ1) is 22.7. The van der Waals surface area contributed by atoms with E-state index in [4.69, 9.17) is 4.74 Å². The summed E-state index contributed by atoms with van der Waals surface area (Å²) in [6.07, 6.45) is 3.60. The number of carbonyl (C=O) groups is 2. The normalized spacial score (nSPS) is 12.8. The summed E-state index contributed by atoms with van der Waals surface area (Å²) in [4.78, 5) is 24.2. The zero-order valence-electron chi connectivity index (χ0n) is 16.3. The topological polar surface area (TPSA) is 79.5 Å². The van der Waals surface area contributed by atoms with Gasteiger partial charge in [-0.05, 0) is 46.1 Å². The average Bonchev–Trinajstić information content (AvgIpc) is 2.42. The molecule has 142 valence electrons. The first-order chi connectivity index (χ1) is 11.2. The highest BCUT2D eigenvalue weighted by Gasteiger charge is 2.24. The third-order valence-corrected chi connectivity index (χ3v) is 3.27. The maximum Gasteiger partial charge on any atom is 0.408 e. The molecule has 2 amide bonds. The van der Waals surface area contributed by atoms with Gasteiger partial charge >= 0.3 is 6.09 Å². The Kier molecular flexibility index (Phi) is 11.5. The van der Waals surface area contributed by atoms with Gasteiger partial charge in [0, 0.05) is 13.1 Å². The molecule has 0 heterocycles. The number of alkyl carbamates (subject to hydrolysis) is 1. The van der Waals surface area contributed by atoms with Gasteiger partial charge in [-0.25, -0.2) is 4.79 Å². The predicted octanol–water partition coefficient (Wildman–Crippen LogP) is 2.82. The molecule has 0 rings (SSSR count). The molecule has 0 saturated heterocycles. The summed E-state index contributed by atoms with van der Waals surface area (Å²) in [6, 6.07) is -0.569. The Morgan fingerprint density at radius 1 is 1.04 bits per heavy atom. The van der Waals surface area contributed by atoms with Gasteiger partial charge in [-0.1, -0.05) is 33.6 Å². The molecule has 0 spiro atoms. The second kappa shape index (κ2) is 12.1. The van der Waals surface area contributed by atoms with Crippen LogP contribution in [0.5, 0.6) is 0 Å². The Balaban J connectivity index is 4.23. The van der Waals surface area contributed by atoms with Gasteiger partial charge in [-0.3, -0.25) is 4.79 Å². The van der Waals surface area contributed by atoms with Crippen molar-refractivity contribution in [3.8, 4) is 0 Å². The van der Waals surface area contributed by atoms with E-state index in [0.717, 1.165) is 19.5 Å². The Labute approximate surface area is 147 Å². The number of unbranched alkanes of at least 4 members (excludes halogenated alkanes) is 2. The molecule has 24 heavy (non-hydrogen) atoms. The molecule has 0 fully saturated rings. The van der Waals surface area contributed by atoms with Crippen LogP contribution in [0.15, 0.2) is 0 Å². The molecule has 0 aromatic rings. The van der Waals surface area contributed by atoms with Crippen molar-refractivity contribution in [2.45, 2.75) is 78.9 Å². The summed E-state index contributed by atoms with van der Waals surface area (Å²) >= 11 is 0. The fourth-order valence-corrected chi connectivity index (χ4v) is 2.18. The van der Waals surface area contributed by atoms with Crippen LogP contribution in [0, 0.1) is 5.92 Å². The van der Waals surface area contributed by atoms with Gasteiger partial charge < -0.3 is 20.7 Å². The molecular formula is C18H37N3O3. The molecule has 0 aliphatic carbocycles. The van der Waals surface area contributed by atoms with Crippen LogP contribution >= 0.6 is 0 Å². The van der Waals surface area contributed by atoms with Crippen molar-refractivity contribution in [1.29, 1.82) is 0 Å². The number of rotatable bonds is 11. The molecule has 3 N–H and O–H groups in total. The maximum absolute atomic E-state index is 12.3. The molecule has 0 aliphatic heterocycles. The van der Waals surface area contributed by atoms with Crippen molar-refractivity contribution in [3.05, 3.63) is 0 Å². The zero-order chi connectivity index (χ0) is 18.6. The molecule has 1 atom stereocenters. The van der Waals surface area contributed by atoms with Gasteiger partial charge in [0.15, 0.2) is 0 Å². The second-order valence-corrected chi connectivity index (χ2v) is 7.58. The van der Waals surface area contributed by atoms with Gasteiger partial charge in [-0.15, -0.1) is 0 Å². The maximum atomic E-state index is 12.3. The smallest absolute Gasteiger partial charge is 0.408 e. The minimum Gasteiger partial charge on any atom is -0.444 e. The quantitative estimate of drug-likeness (QED) is 0.504. The third-order valence-electron chi connectivity index (χ3n) is 3.27. The summed E-state index contributed by atoms with van der Waals surface area (Å²) in [7, 11) is 0. The highest BCUT2D eigenvalue weighted by atomic mass is 16.6. The fourth-order valence-electron chi connectivity index (χ4n) is 2.18. The van der Waals surface area contributed by atoms with Crippen LogP contribution in [0.25, 0.3) is 0 Å². The lowest BCUT2D eigenvalue weighted by Gasteiger charge is -2.24. The van der Waals surface area contributed by atoms with Gasteiger partial charge in [0.1, 0.15) is 11.6 Å². The van der Waals surface area contributed by atoms with E-state index in [1.165, 1.54) is 12.8 Å². The number of hydrogen-bond donors (Lipinski definition) is 3. The lowest BCUT2D eigenvalue weighted by atomic mass is 10.0. The zero-order valence-corrected chi connectivity index (χ0v) is 16.3. The summed E-state index contributed by atoms with van der Waals surface area (Å²) in [5.74, 6) is 0.132. The van der Waals surface area contributed by atoms with Crippen LogP contribution in [0.2, 0.25) is 0 Å². The number of nitrogens with one attached hydrogen (secondary N) is 3. The largest absolute Gasteiger partial charge is 0.444 e. The number of amides is 2. The molecule has 0 saturated carbocycles. The highest BCUT2D eigenvalue weighted by Crippen LogP contribution is 2.09. The van der Waals surface area contributed by atoms with Crippen LogP contribution in [0.3, 0.4) is 0 Å². The molecular weight excluding hydrogens is 306 g/mol. The van der Waals surface area contributed by atoms with E-state index in [9.17, 15) is 9.59 Å². The van der Waals surface area contributed by atoms with E-state index >= 15 is 0 Å². The predicted molar refractivity (Wildman–Crippen MR) is 98.0 cm³/mol. The molecule has 6 nitrogen and oxygen atoms in total. The highest BCUT2D eigenvalue weighted by molar-refractivity contribution is 5.85. The minimum absolute atomic E-state index is 0.162. The average molecular weight is 344 g/mol. The molecule has 6 heteroatoms. The Bertz CT molecular complexity index is 365. The molecule has 1 unspecified atom stereocenters. The van der Waals surface area contributed by atoms with E-state index in [1.54, 1.807) is 20.8 Å². The van der Waals surface area contributed by atoms with Crippen LogP contribution in [0.4, 0.5) is 4.79 Å². The lowest BCUT2D eigenvalue weighted by Crippen LogP contribution is -2.49. The van der Waals surface area contributed by atoms with Crippen molar-refractivity contribution in [2.24, 2.45) is 5.92 Å². The van der Waals surface area contributed by atoms with Crippen LogP contribution in [0.1, 0.15) is 67.2 Å². The SMILES string of the molecule is CCCCCNCCNC(=O)C(CC(C)C)NC(=O)OC(C)(C)C. The van der Waals surface area contributed by atoms with Gasteiger partial charge in [0.25, 0.3) is 0 Å². The first-order valence-electron chi connectivity index (χ1n) is 9.13. The van der Waals surface area contributed by atoms with Gasteiger partial charge in [0.05, 0.1) is 0 Å². The standard InChI is InChI=1S/C18H37N3O3/c1-7-8-9-10-19-11-12-20-16(22)15(13-14(2)3)21-17(23)24-18(4,5)6/h14-15,19H,7-13H2,1-6H3,(H,20,22)(H,21,23). The van der Waals surface area contributed by atoms with Gasteiger partial charge in [0.2, 0.25) is 5.91 Å². The Morgan fingerprint density at radius 3 is 2.25 bits per heavy atom. The number of hydrogen-bond acceptors (Lipinski definition) is 4. The first-order valence-corrected chi connectivity index (χ1v) is 9.13.